The maximum atomic E-state index is 13.1. The minimum Gasteiger partial charge on any atom is -0.466 e. The molecule has 1 atom stereocenters. The van der Waals surface area contributed by atoms with Crippen LogP contribution in [-0.4, -0.2) is 35.2 Å². The van der Waals surface area contributed by atoms with Crippen molar-refractivity contribution in [2.45, 2.75) is 33.2 Å². The standard InChI is InChI=1S/C24H24N2O4S/c1-4-29-20(27)13-17-14-31-24-25-15(3)21(23(28)30-5-2)22(26(17)24)19-12-8-10-16-9-6-7-11-18(16)19/h6-12,14,22H,4-5,13H2,1-3H3. The van der Waals surface area contributed by atoms with Crippen LogP contribution in [0.25, 0.3) is 10.8 Å². The van der Waals surface area contributed by atoms with Crippen LogP contribution in [0.3, 0.4) is 0 Å². The second kappa shape index (κ2) is 8.98. The van der Waals surface area contributed by atoms with Gasteiger partial charge in [-0.25, -0.2) is 9.79 Å². The van der Waals surface area contributed by atoms with E-state index in [2.05, 4.69) is 4.99 Å². The Morgan fingerprint density at radius 3 is 2.58 bits per heavy atom. The Morgan fingerprint density at radius 1 is 1.06 bits per heavy atom. The van der Waals surface area contributed by atoms with Gasteiger partial charge in [0.1, 0.15) is 0 Å². The predicted molar refractivity (Wildman–Crippen MR) is 122 cm³/mol. The smallest absolute Gasteiger partial charge is 0.338 e. The normalized spacial score (nSPS) is 17.9. The Morgan fingerprint density at radius 2 is 1.81 bits per heavy atom. The number of allylic oxidation sites excluding steroid dienone is 1. The highest BCUT2D eigenvalue weighted by Crippen LogP contribution is 2.46. The molecule has 0 aromatic heterocycles. The number of amidine groups is 1. The summed E-state index contributed by atoms with van der Waals surface area (Å²) in [7, 11) is 0. The lowest BCUT2D eigenvalue weighted by atomic mass is 9.90. The molecular formula is C24H24N2O4S. The first-order chi connectivity index (χ1) is 15.0. The number of ether oxygens (including phenoxy) is 2. The molecule has 6 nitrogen and oxygen atoms in total. The molecule has 2 heterocycles. The summed E-state index contributed by atoms with van der Waals surface area (Å²) in [5, 5.41) is 4.77. The van der Waals surface area contributed by atoms with Gasteiger partial charge in [-0.05, 0) is 42.5 Å². The largest absolute Gasteiger partial charge is 0.466 e. The molecule has 2 aliphatic rings. The Bertz CT molecular complexity index is 1130. The van der Waals surface area contributed by atoms with Crippen LogP contribution in [0.2, 0.25) is 0 Å². The summed E-state index contributed by atoms with van der Waals surface area (Å²) in [4.78, 5) is 32.0. The number of hydrogen-bond donors (Lipinski definition) is 0. The molecular weight excluding hydrogens is 412 g/mol. The SMILES string of the molecule is CCOC(=O)CC1=CSC2=NC(C)=C(C(=O)OCC)C(c3cccc4ccccc34)N12. The molecule has 2 aromatic rings. The van der Waals surface area contributed by atoms with Crippen LogP contribution in [0, 0.1) is 0 Å². The second-order valence-electron chi connectivity index (χ2n) is 7.16. The number of benzene rings is 2. The molecule has 0 spiro atoms. The van der Waals surface area contributed by atoms with Gasteiger partial charge in [-0.1, -0.05) is 54.2 Å². The van der Waals surface area contributed by atoms with Crippen LogP contribution in [-0.2, 0) is 19.1 Å². The van der Waals surface area contributed by atoms with Gasteiger partial charge in [0.25, 0.3) is 0 Å². The van der Waals surface area contributed by atoms with Crippen LogP contribution in [0.5, 0.6) is 0 Å². The quantitative estimate of drug-likeness (QED) is 0.598. The molecule has 0 bridgehead atoms. The average Bonchev–Trinajstić information content (AvgIpc) is 3.14. The fourth-order valence-electron chi connectivity index (χ4n) is 3.98. The van der Waals surface area contributed by atoms with Gasteiger partial charge in [0, 0.05) is 5.70 Å². The minimum atomic E-state index is -0.451. The van der Waals surface area contributed by atoms with Gasteiger partial charge < -0.3 is 14.4 Å². The summed E-state index contributed by atoms with van der Waals surface area (Å²) in [6, 6.07) is 13.7. The van der Waals surface area contributed by atoms with E-state index in [0.29, 0.717) is 17.9 Å². The third-order valence-corrected chi connectivity index (χ3v) is 6.13. The van der Waals surface area contributed by atoms with Crippen molar-refractivity contribution < 1.29 is 19.1 Å². The van der Waals surface area contributed by atoms with Crippen LogP contribution >= 0.6 is 11.8 Å². The van der Waals surface area contributed by atoms with Crippen LogP contribution in [0.15, 0.2) is 69.8 Å². The summed E-state index contributed by atoms with van der Waals surface area (Å²) >= 11 is 1.45. The number of carbonyl (C=O) groups excluding carboxylic acids is 2. The molecule has 2 aromatic carbocycles. The first kappa shape index (κ1) is 21.2. The maximum absolute atomic E-state index is 13.1. The lowest BCUT2D eigenvalue weighted by Gasteiger charge is -2.36. The highest BCUT2D eigenvalue weighted by atomic mass is 32.2. The predicted octanol–water partition coefficient (Wildman–Crippen LogP) is 4.93. The Hall–Kier alpha value is -3.06. The van der Waals surface area contributed by atoms with Gasteiger partial charge in [-0.15, -0.1) is 0 Å². The Kier molecular flexibility index (Phi) is 6.13. The number of rotatable bonds is 6. The van der Waals surface area contributed by atoms with Crippen LogP contribution < -0.4 is 0 Å². The topological polar surface area (TPSA) is 68.2 Å². The van der Waals surface area contributed by atoms with Crippen molar-refractivity contribution in [3.05, 3.63) is 70.4 Å². The van der Waals surface area contributed by atoms with Crippen molar-refractivity contribution in [2.75, 3.05) is 13.2 Å². The van der Waals surface area contributed by atoms with Gasteiger partial charge in [-0.3, -0.25) is 4.79 Å². The zero-order valence-corrected chi connectivity index (χ0v) is 18.6. The first-order valence-corrected chi connectivity index (χ1v) is 11.2. The van der Waals surface area contributed by atoms with E-state index in [4.69, 9.17) is 9.47 Å². The number of aliphatic imine (C=N–C) groups is 1. The van der Waals surface area contributed by atoms with Gasteiger partial charge in [0.05, 0.1) is 36.9 Å². The fourth-order valence-corrected chi connectivity index (χ4v) is 4.95. The number of nitrogens with zero attached hydrogens (tertiary/aromatic N) is 2. The molecule has 0 radical (unpaired) electrons. The summed E-state index contributed by atoms with van der Waals surface area (Å²) in [6.45, 7) is 6.00. The first-order valence-electron chi connectivity index (χ1n) is 10.3. The van der Waals surface area contributed by atoms with E-state index >= 15 is 0 Å². The lowest BCUT2D eigenvalue weighted by Crippen LogP contribution is -2.37. The second-order valence-corrected chi connectivity index (χ2v) is 8.00. The van der Waals surface area contributed by atoms with E-state index in [0.717, 1.165) is 27.2 Å². The molecule has 2 aliphatic heterocycles. The summed E-state index contributed by atoms with van der Waals surface area (Å²) in [6.07, 6.45) is 0.107. The van der Waals surface area contributed by atoms with Crippen molar-refractivity contribution in [1.82, 2.24) is 4.90 Å². The summed E-state index contributed by atoms with van der Waals surface area (Å²) < 4.78 is 10.6. The summed E-state index contributed by atoms with van der Waals surface area (Å²) in [5.74, 6) is -0.704. The molecule has 0 N–H and O–H groups in total. The van der Waals surface area contributed by atoms with E-state index < -0.39 is 12.0 Å². The van der Waals surface area contributed by atoms with E-state index in [9.17, 15) is 9.59 Å². The number of carbonyl (C=O) groups is 2. The van der Waals surface area contributed by atoms with Gasteiger partial charge >= 0.3 is 11.9 Å². The molecule has 0 saturated heterocycles. The van der Waals surface area contributed by atoms with E-state index in [1.165, 1.54) is 11.8 Å². The molecule has 31 heavy (non-hydrogen) atoms. The number of esters is 2. The monoisotopic (exact) mass is 436 g/mol. The minimum absolute atomic E-state index is 0.107. The molecule has 0 fully saturated rings. The highest BCUT2D eigenvalue weighted by Gasteiger charge is 2.41. The average molecular weight is 437 g/mol. The van der Waals surface area contributed by atoms with Crippen molar-refractivity contribution >= 4 is 39.6 Å². The Balaban J connectivity index is 1.87. The Labute approximate surface area is 185 Å². The van der Waals surface area contributed by atoms with E-state index in [-0.39, 0.29) is 19.0 Å². The number of hydrogen-bond acceptors (Lipinski definition) is 7. The third-order valence-electron chi connectivity index (χ3n) is 5.24. The van der Waals surface area contributed by atoms with Crippen molar-refractivity contribution in [3.63, 3.8) is 0 Å². The molecule has 160 valence electrons. The van der Waals surface area contributed by atoms with Crippen molar-refractivity contribution in [1.29, 1.82) is 0 Å². The molecule has 1 unspecified atom stereocenters. The maximum Gasteiger partial charge on any atom is 0.338 e. The third kappa shape index (κ3) is 3.97. The number of thioether (sulfide) groups is 1. The van der Waals surface area contributed by atoms with Gasteiger partial charge in [0.2, 0.25) is 0 Å². The van der Waals surface area contributed by atoms with E-state index in [1.54, 1.807) is 13.8 Å². The van der Waals surface area contributed by atoms with Gasteiger partial charge in [-0.2, -0.15) is 0 Å². The summed E-state index contributed by atoms with van der Waals surface area (Å²) in [5.41, 5.74) is 2.83. The van der Waals surface area contributed by atoms with Crippen molar-refractivity contribution in [3.8, 4) is 0 Å². The zero-order valence-electron chi connectivity index (χ0n) is 17.8. The lowest BCUT2D eigenvalue weighted by molar-refractivity contribution is -0.142. The molecule has 4 rings (SSSR count). The van der Waals surface area contributed by atoms with Crippen molar-refractivity contribution in [2.24, 2.45) is 4.99 Å². The molecule has 7 heteroatoms. The van der Waals surface area contributed by atoms with E-state index in [1.807, 2.05) is 59.7 Å². The van der Waals surface area contributed by atoms with Gasteiger partial charge in [0.15, 0.2) is 5.17 Å². The highest BCUT2D eigenvalue weighted by molar-refractivity contribution is 8.16. The molecule has 0 saturated carbocycles. The fraction of sp³-hybridized carbons (Fsp3) is 0.292. The van der Waals surface area contributed by atoms with Crippen LogP contribution in [0.4, 0.5) is 0 Å². The number of fused-ring (bicyclic) bond motifs is 2. The zero-order chi connectivity index (χ0) is 22.0. The molecule has 0 aliphatic carbocycles. The van der Waals surface area contributed by atoms with Crippen LogP contribution in [0.1, 0.15) is 38.8 Å². The molecule has 0 amide bonds.